The van der Waals surface area contributed by atoms with E-state index in [2.05, 4.69) is 16.7 Å². The van der Waals surface area contributed by atoms with Crippen LogP contribution in [0, 0.1) is 40.9 Å². The lowest BCUT2D eigenvalue weighted by Crippen LogP contribution is -2.45. The van der Waals surface area contributed by atoms with Gasteiger partial charge in [0.05, 0.1) is 40.8 Å². The van der Waals surface area contributed by atoms with Crippen molar-refractivity contribution in [3.05, 3.63) is 34.4 Å². The van der Waals surface area contributed by atoms with E-state index in [1.165, 1.54) is 7.11 Å². The SMILES string of the molecule is COc1ccc(C)cc1NC(=O)[C@@H](C)SC1=C(C#N)C(C)(C)[C@H](C#N)C(=O)N1. The molecule has 0 aliphatic carbocycles. The Labute approximate surface area is 168 Å². The Morgan fingerprint density at radius 3 is 2.64 bits per heavy atom. The molecule has 1 aromatic carbocycles. The molecular weight excluding hydrogens is 376 g/mol. The van der Waals surface area contributed by atoms with Gasteiger partial charge < -0.3 is 15.4 Å². The van der Waals surface area contributed by atoms with E-state index in [0.29, 0.717) is 16.5 Å². The number of allylic oxidation sites excluding steroid dienone is 1. The second-order valence-electron chi connectivity index (χ2n) is 7.04. The van der Waals surface area contributed by atoms with Crippen molar-refractivity contribution in [3.8, 4) is 17.9 Å². The van der Waals surface area contributed by atoms with Gasteiger partial charge in [-0.3, -0.25) is 9.59 Å². The zero-order valence-corrected chi connectivity index (χ0v) is 17.2. The van der Waals surface area contributed by atoms with Crippen LogP contribution in [0.4, 0.5) is 5.69 Å². The van der Waals surface area contributed by atoms with Gasteiger partial charge in [-0.15, -0.1) is 0 Å². The van der Waals surface area contributed by atoms with E-state index in [1.54, 1.807) is 32.9 Å². The topological polar surface area (TPSA) is 115 Å². The molecule has 2 amide bonds. The second-order valence-corrected chi connectivity index (χ2v) is 8.39. The van der Waals surface area contributed by atoms with E-state index < -0.39 is 22.5 Å². The van der Waals surface area contributed by atoms with Crippen LogP contribution in [0.25, 0.3) is 0 Å². The molecule has 8 heteroatoms. The molecule has 1 aromatic rings. The minimum atomic E-state index is -0.966. The Morgan fingerprint density at radius 2 is 2.07 bits per heavy atom. The van der Waals surface area contributed by atoms with Crippen LogP contribution >= 0.6 is 11.8 Å². The van der Waals surface area contributed by atoms with Crippen molar-refractivity contribution >= 4 is 29.3 Å². The number of amides is 2. The molecule has 1 heterocycles. The molecule has 146 valence electrons. The number of aryl methyl sites for hydroxylation is 1. The summed E-state index contributed by atoms with van der Waals surface area (Å²) >= 11 is 1.08. The van der Waals surface area contributed by atoms with Crippen molar-refractivity contribution in [1.82, 2.24) is 5.32 Å². The highest BCUT2D eigenvalue weighted by atomic mass is 32.2. The van der Waals surface area contributed by atoms with Crippen LogP contribution in [0.1, 0.15) is 26.3 Å². The fourth-order valence-electron chi connectivity index (χ4n) is 2.90. The first-order chi connectivity index (χ1) is 13.1. The average Bonchev–Trinajstić information content (AvgIpc) is 2.61. The minimum Gasteiger partial charge on any atom is -0.495 e. The molecule has 7 nitrogen and oxygen atoms in total. The Kier molecular flexibility index (Phi) is 6.37. The molecule has 0 unspecified atom stereocenters. The summed E-state index contributed by atoms with van der Waals surface area (Å²) in [5.41, 5.74) is 0.863. The molecule has 0 saturated carbocycles. The fourth-order valence-corrected chi connectivity index (χ4v) is 4.00. The second kappa shape index (κ2) is 8.37. The normalized spacial score (nSPS) is 19.1. The summed E-state index contributed by atoms with van der Waals surface area (Å²) in [6.45, 7) is 6.95. The number of thioether (sulfide) groups is 1. The maximum absolute atomic E-state index is 12.7. The van der Waals surface area contributed by atoms with Crippen LogP contribution in [0.3, 0.4) is 0 Å². The number of carbonyl (C=O) groups is 2. The largest absolute Gasteiger partial charge is 0.495 e. The fraction of sp³-hybridized carbons (Fsp3) is 0.400. The van der Waals surface area contributed by atoms with Crippen LogP contribution < -0.4 is 15.4 Å². The highest BCUT2D eigenvalue weighted by Crippen LogP contribution is 2.42. The maximum Gasteiger partial charge on any atom is 0.243 e. The number of carbonyl (C=O) groups excluding carboxylic acids is 2. The lowest BCUT2D eigenvalue weighted by molar-refractivity contribution is -0.125. The third-order valence-corrected chi connectivity index (χ3v) is 5.72. The molecule has 1 aliphatic heterocycles. The number of nitriles is 2. The smallest absolute Gasteiger partial charge is 0.243 e. The molecule has 0 aromatic heterocycles. The standard InChI is InChI=1S/C20H22N4O3S/c1-11-6-7-16(27-5)15(8-11)23-17(25)12(2)28-19-14(10-22)20(3,4)13(9-21)18(26)24-19/h6-8,12-13H,1-5H3,(H,23,25)(H,24,26)/t12-,13-/m1/s1. The summed E-state index contributed by atoms with van der Waals surface area (Å²) in [5.74, 6) is -1.20. The number of anilines is 1. The third-order valence-electron chi connectivity index (χ3n) is 4.61. The number of hydrogen-bond donors (Lipinski definition) is 2. The number of hydrogen-bond acceptors (Lipinski definition) is 6. The number of rotatable bonds is 5. The molecule has 2 atom stereocenters. The van der Waals surface area contributed by atoms with Crippen LogP contribution in [-0.2, 0) is 9.59 Å². The molecule has 0 saturated heterocycles. The zero-order chi connectivity index (χ0) is 21.1. The summed E-state index contributed by atoms with van der Waals surface area (Å²) in [6.07, 6.45) is 0. The summed E-state index contributed by atoms with van der Waals surface area (Å²) in [4.78, 5) is 24.9. The number of nitrogens with zero attached hydrogens (tertiary/aromatic N) is 2. The monoisotopic (exact) mass is 398 g/mol. The van der Waals surface area contributed by atoms with Crippen LogP contribution in [0.5, 0.6) is 5.75 Å². The van der Waals surface area contributed by atoms with Gasteiger partial charge in [0.1, 0.15) is 11.7 Å². The number of benzene rings is 1. The Balaban J connectivity index is 2.25. The number of nitrogens with one attached hydrogen (secondary N) is 2. The van der Waals surface area contributed by atoms with E-state index in [4.69, 9.17) is 4.74 Å². The van der Waals surface area contributed by atoms with Gasteiger partial charge >= 0.3 is 0 Å². The van der Waals surface area contributed by atoms with E-state index in [9.17, 15) is 20.1 Å². The first kappa shape index (κ1) is 21.3. The predicted octanol–water partition coefficient (Wildman–Crippen LogP) is 3.09. The van der Waals surface area contributed by atoms with Crippen molar-refractivity contribution < 1.29 is 14.3 Å². The predicted molar refractivity (Wildman–Crippen MR) is 107 cm³/mol. The van der Waals surface area contributed by atoms with Crippen molar-refractivity contribution in [3.63, 3.8) is 0 Å². The van der Waals surface area contributed by atoms with Gasteiger partial charge in [-0.05, 0) is 31.5 Å². The van der Waals surface area contributed by atoms with E-state index in [1.807, 2.05) is 19.1 Å². The zero-order valence-electron chi connectivity index (χ0n) is 16.4. The van der Waals surface area contributed by atoms with Gasteiger partial charge in [-0.1, -0.05) is 31.7 Å². The van der Waals surface area contributed by atoms with Crippen LogP contribution in [0.2, 0.25) is 0 Å². The van der Waals surface area contributed by atoms with Gasteiger partial charge in [-0.2, -0.15) is 10.5 Å². The first-order valence-electron chi connectivity index (χ1n) is 8.63. The van der Waals surface area contributed by atoms with Crippen molar-refractivity contribution in [2.45, 2.75) is 32.9 Å². The summed E-state index contributed by atoms with van der Waals surface area (Å²) in [5, 5.41) is 24.0. The van der Waals surface area contributed by atoms with E-state index in [-0.39, 0.29) is 11.5 Å². The van der Waals surface area contributed by atoms with Crippen molar-refractivity contribution in [2.24, 2.45) is 11.3 Å². The van der Waals surface area contributed by atoms with Crippen LogP contribution in [-0.4, -0.2) is 24.2 Å². The average molecular weight is 398 g/mol. The third kappa shape index (κ3) is 4.13. The van der Waals surface area contributed by atoms with E-state index >= 15 is 0 Å². The molecule has 28 heavy (non-hydrogen) atoms. The molecule has 0 spiro atoms. The van der Waals surface area contributed by atoms with Gasteiger partial charge in [0.15, 0.2) is 0 Å². The summed E-state index contributed by atoms with van der Waals surface area (Å²) in [7, 11) is 1.52. The lowest BCUT2D eigenvalue weighted by Gasteiger charge is -2.35. The molecular formula is C20H22N4O3S. The summed E-state index contributed by atoms with van der Waals surface area (Å²) in [6, 6.07) is 9.49. The number of ether oxygens (including phenoxy) is 1. The molecule has 2 N–H and O–H groups in total. The molecule has 0 fully saturated rings. The lowest BCUT2D eigenvalue weighted by atomic mass is 9.72. The molecule has 1 aliphatic rings. The molecule has 0 radical (unpaired) electrons. The van der Waals surface area contributed by atoms with E-state index in [0.717, 1.165) is 17.3 Å². The van der Waals surface area contributed by atoms with Gasteiger partial charge in [0.25, 0.3) is 0 Å². The van der Waals surface area contributed by atoms with Gasteiger partial charge in [0.2, 0.25) is 11.8 Å². The quantitative estimate of drug-likeness (QED) is 0.787. The van der Waals surface area contributed by atoms with Gasteiger partial charge in [-0.25, -0.2) is 0 Å². The molecule has 2 rings (SSSR count). The Morgan fingerprint density at radius 1 is 1.39 bits per heavy atom. The van der Waals surface area contributed by atoms with Crippen molar-refractivity contribution in [1.29, 1.82) is 10.5 Å². The Bertz CT molecular complexity index is 924. The number of methoxy groups -OCH3 is 1. The highest BCUT2D eigenvalue weighted by molar-refractivity contribution is 8.04. The minimum absolute atomic E-state index is 0.288. The Hall–Kier alpha value is -2.97. The highest BCUT2D eigenvalue weighted by Gasteiger charge is 2.45. The van der Waals surface area contributed by atoms with Crippen molar-refractivity contribution in [2.75, 3.05) is 12.4 Å². The van der Waals surface area contributed by atoms with Gasteiger partial charge in [0, 0.05) is 5.41 Å². The first-order valence-corrected chi connectivity index (χ1v) is 9.51. The molecule has 0 bridgehead atoms. The van der Waals surface area contributed by atoms with Crippen LogP contribution in [0.15, 0.2) is 28.8 Å². The maximum atomic E-state index is 12.7. The summed E-state index contributed by atoms with van der Waals surface area (Å²) < 4.78 is 5.27.